The van der Waals surface area contributed by atoms with Crippen molar-refractivity contribution in [2.75, 3.05) is 11.6 Å². The molecule has 0 atom stereocenters. The van der Waals surface area contributed by atoms with Gasteiger partial charge in [-0.2, -0.15) is 5.10 Å². The van der Waals surface area contributed by atoms with Crippen LogP contribution in [0.5, 0.6) is 0 Å². The van der Waals surface area contributed by atoms with E-state index in [4.69, 9.17) is 16.6 Å². The number of hydrogen-bond donors (Lipinski definition) is 2. The molecule has 0 bridgehead atoms. The lowest BCUT2D eigenvalue weighted by Crippen LogP contribution is -2.00. The molecule has 0 amide bonds. The summed E-state index contributed by atoms with van der Waals surface area (Å²) < 4.78 is 23.6. The van der Waals surface area contributed by atoms with Crippen molar-refractivity contribution in [3.05, 3.63) is 66.2 Å². The van der Waals surface area contributed by atoms with Crippen molar-refractivity contribution in [1.29, 1.82) is 0 Å². The van der Waals surface area contributed by atoms with Crippen molar-refractivity contribution >= 4 is 54.6 Å². The number of rotatable bonds is 4. The second-order valence-electron chi connectivity index (χ2n) is 6.96. The Hall–Kier alpha value is -3.56. The highest BCUT2D eigenvalue weighted by Gasteiger charge is 2.16. The number of fused-ring (bicyclic) bond motifs is 3. The molecule has 3 heterocycles. The van der Waals surface area contributed by atoms with Crippen LogP contribution >= 0.6 is 11.6 Å². The van der Waals surface area contributed by atoms with Gasteiger partial charge < -0.3 is 5.32 Å². The summed E-state index contributed by atoms with van der Waals surface area (Å²) in [7, 11) is -3.36. The van der Waals surface area contributed by atoms with Gasteiger partial charge in [0.25, 0.3) is 0 Å². The molecule has 0 spiro atoms. The van der Waals surface area contributed by atoms with Gasteiger partial charge in [0.15, 0.2) is 15.7 Å². The summed E-state index contributed by atoms with van der Waals surface area (Å²) in [4.78, 5) is 13.5. The summed E-state index contributed by atoms with van der Waals surface area (Å²) in [5.74, 6) is 1.16. The topological polar surface area (TPSA) is 114 Å². The van der Waals surface area contributed by atoms with E-state index in [9.17, 15) is 8.42 Å². The molecule has 0 aliphatic carbocycles. The lowest BCUT2D eigenvalue weighted by Gasteiger charge is -2.14. The predicted molar refractivity (Wildman–Crippen MR) is 120 cm³/mol. The molecule has 5 rings (SSSR count). The summed E-state index contributed by atoms with van der Waals surface area (Å²) >= 11 is 6.38. The Morgan fingerprint density at radius 1 is 1.06 bits per heavy atom. The minimum absolute atomic E-state index is 0.149. The molecule has 3 aromatic heterocycles. The molecule has 10 heteroatoms. The first-order valence-electron chi connectivity index (χ1n) is 9.20. The van der Waals surface area contributed by atoms with Crippen LogP contribution in [0.25, 0.3) is 33.1 Å². The average molecular weight is 451 g/mol. The minimum Gasteiger partial charge on any atom is -0.338 e. The maximum Gasteiger partial charge on any atom is 0.175 e. The monoisotopic (exact) mass is 450 g/mol. The fraction of sp³-hybridized carbons (Fsp3) is 0.0476. The highest BCUT2D eigenvalue weighted by atomic mass is 35.5. The number of nitrogens with zero attached hydrogens (tertiary/aromatic N) is 4. The van der Waals surface area contributed by atoms with Gasteiger partial charge in [0, 0.05) is 40.4 Å². The Bertz CT molecular complexity index is 1550. The van der Waals surface area contributed by atoms with Crippen LogP contribution in [0, 0.1) is 0 Å². The molecule has 31 heavy (non-hydrogen) atoms. The number of pyridine rings is 2. The number of hydrogen-bond acceptors (Lipinski definition) is 7. The van der Waals surface area contributed by atoms with Gasteiger partial charge in [-0.1, -0.05) is 23.7 Å². The van der Waals surface area contributed by atoms with Gasteiger partial charge in [0.05, 0.1) is 21.1 Å². The number of halogens is 1. The van der Waals surface area contributed by atoms with E-state index in [0.717, 1.165) is 28.0 Å². The first-order chi connectivity index (χ1) is 14.9. The third-order valence-corrected chi connectivity index (χ3v) is 6.34. The van der Waals surface area contributed by atoms with Crippen molar-refractivity contribution in [2.45, 2.75) is 4.90 Å². The predicted octanol–water partition coefficient (Wildman–Crippen LogP) is 4.37. The Labute approximate surface area is 182 Å². The maximum absolute atomic E-state index is 11.8. The number of anilines is 2. The summed E-state index contributed by atoms with van der Waals surface area (Å²) in [5, 5.41) is 13.0. The van der Waals surface area contributed by atoms with E-state index in [-0.39, 0.29) is 9.92 Å². The summed E-state index contributed by atoms with van der Waals surface area (Å²) in [6, 6.07) is 12.2. The molecule has 0 unspecified atom stereocenters. The zero-order valence-corrected chi connectivity index (χ0v) is 17.7. The van der Waals surface area contributed by atoms with Crippen LogP contribution < -0.4 is 5.32 Å². The Balaban J connectivity index is 1.72. The molecule has 0 saturated heterocycles. The van der Waals surface area contributed by atoms with E-state index in [0.29, 0.717) is 22.8 Å². The van der Waals surface area contributed by atoms with Crippen LogP contribution in [-0.4, -0.2) is 39.8 Å². The number of aromatic nitrogens is 5. The number of para-hydroxylation sites is 1. The van der Waals surface area contributed by atoms with Gasteiger partial charge in [-0.3, -0.25) is 10.1 Å². The second kappa shape index (κ2) is 7.29. The van der Waals surface area contributed by atoms with Crippen LogP contribution in [0.4, 0.5) is 11.5 Å². The number of benzene rings is 2. The van der Waals surface area contributed by atoms with Crippen molar-refractivity contribution in [1.82, 2.24) is 25.1 Å². The summed E-state index contributed by atoms with van der Waals surface area (Å²) in [6.07, 6.45) is 6.06. The number of nitrogens with one attached hydrogen (secondary N) is 2. The zero-order chi connectivity index (χ0) is 21.6. The third-order valence-electron chi connectivity index (χ3n) is 4.92. The smallest absolute Gasteiger partial charge is 0.175 e. The Morgan fingerprint density at radius 3 is 2.68 bits per heavy atom. The molecule has 5 aromatic rings. The normalized spacial score (nSPS) is 11.8. The van der Waals surface area contributed by atoms with Crippen LogP contribution in [0.3, 0.4) is 0 Å². The van der Waals surface area contributed by atoms with Gasteiger partial charge in [0.2, 0.25) is 0 Å². The molecular formula is C21H15ClN6O2S. The molecule has 2 N–H and O–H groups in total. The van der Waals surface area contributed by atoms with Crippen LogP contribution in [0.15, 0.2) is 66.1 Å². The third kappa shape index (κ3) is 3.47. The highest BCUT2D eigenvalue weighted by molar-refractivity contribution is 7.90. The lowest BCUT2D eigenvalue weighted by molar-refractivity contribution is 0.602. The Morgan fingerprint density at radius 2 is 1.94 bits per heavy atom. The van der Waals surface area contributed by atoms with E-state index in [1.807, 2.05) is 24.3 Å². The van der Waals surface area contributed by atoms with Crippen molar-refractivity contribution in [2.24, 2.45) is 0 Å². The molecular weight excluding hydrogens is 436 g/mol. The van der Waals surface area contributed by atoms with E-state index in [2.05, 4.69) is 25.5 Å². The molecule has 0 aliphatic rings. The fourth-order valence-corrected chi connectivity index (χ4v) is 4.39. The zero-order valence-electron chi connectivity index (χ0n) is 16.2. The molecule has 154 valence electrons. The van der Waals surface area contributed by atoms with Crippen molar-refractivity contribution in [3.8, 4) is 11.4 Å². The molecule has 0 saturated carbocycles. The molecule has 0 aliphatic heterocycles. The van der Waals surface area contributed by atoms with Gasteiger partial charge in [-0.25, -0.2) is 18.4 Å². The van der Waals surface area contributed by atoms with Crippen molar-refractivity contribution in [3.63, 3.8) is 0 Å². The van der Waals surface area contributed by atoms with Crippen LogP contribution in [-0.2, 0) is 9.84 Å². The second-order valence-corrected chi connectivity index (χ2v) is 9.38. The first-order valence-corrected chi connectivity index (χ1v) is 11.5. The van der Waals surface area contributed by atoms with E-state index >= 15 is 0 Å². The van der Waals surface area contributed by atoms with Gasteiger partial charge in [-0.05, 0) is 30.3 Å². The first kappa shape index (κ1) is 19.4. The Kier molecular flexibility index (Phi) is 4.57. The number of H-pyrrole nitrogens is 1. The number of sulfone groups is 1. The summed E-state index contributed by atoms with van der Waals surface area (Å²) in [6.45, 7) is 0. The highest BCUT2D eigenvalue weighted by Crippen LogP contribution is 2.36. The van der Waals surface area contributed by atoms with Crippen molar-refractivity contribution < 1.29 is 8.42 Å². The molecule has 8 nitrogen and oxygen atoms in total. The largest absolute Gasteiger partial charge is 0.338 e. The van der Waals surface area contributed by atoms with Gasteiger partial charge >= 0.3 is 0 Å². The van der Waals surface area contributed by atoms with E-state index in [1.54, 1.807) is 18.5 Å². The number of aromatic amines is 1. The average Bonchev–Trinajstić information content (AvgIpc) is 3.29. The fourth-order valence-electron chi connectivity index (χ4n) is 3.45. The van der Waals surface area contributed by atoms with Gasteiger partial charge in [0.1, 0.15) is 12.1 Å². The van der Waals surface area contributed by atoms with E-state index < -0.39 is 9.84 Å². The van der Waals surface area contributed by atoms with Crippen LogP contribution in [0.1, 0.15) is 0 Å². The molecule has 2 aromatic carbocycles. The SMILES string of the molecule is CS(=O)(=O)c1ccc(Nc2nc3c(-c4ncn[nH]4)cccc3c3cnccc23)c(Cl)c1. The minimum atomic E-state index is -3.36. The van der Waals surface area contributed by atoms with Gasteiger partial charge in [-0.15, -0.1) is 0 Å². The lowest BCUT2D eigenvalue weighted by atomic mass is 10.0. The molecule has 0 radical (unpaired) electrons. The quantitative estimate of drug-likeness (QED) is 0.391. The summed E-state index contributed by atoms with van der Waals surface area (Å²) in [5.41, 5.74) is 2.05. The standard InChI is InChI=1S/C21H15ClN6O2S/c1-31(29,30)12-5-6-18(17(22)9-12)26-21-14-7-8-23-10-16(14)13-3-2-4-15(19(13)27-21)20-24-11-25-28-20/h2-11H,1H3,(H,26,27)(H,24,25,28). The maximum atomic E-state index is 11.8. The van der Waals surface area contributed by atoms with E-state index in [1.165, 1.54) is 18.5 Å². The molecule has 0 fully saturated rings. The van der Waals surface area contributed by atoms with Crippen LogP contribution in [0.2, 0.25) is 5.02 Å².